The topological polar surface area (TPSA) is 59.1 Å². The van der Waals surface area contributed by atoms with Crippen LogP contribution in [0.1, 0.15) is 13.8 Å². The van der Waals surface area contributed by atoms with Gasteiger partial charge in [-0.05, 0) is 13.8 Å². The van der Waals surface area contributed by atoms with Crippen molar-refractivity contribution in [1.29, 1.82) is 0 Å². The fourth-order valence-electron chi connectivity index (χ4n) is 3.55. The Kier molecular flexibility index (Phi) is 4.74. The maximum atomic E-state index is 12.4. The summed E-state index contributed by atoms with van der Waals surface area (Å²) in [7, 11) is 0. The van der Waals surface area contributed by atoms with Crippen molar-refractivity contribution in [2.24, 2.45) is 11.8 Å². The molecule has 0 unspecified atom stereocenters. The van der Waals surface area contributed by atoms with E-state index in [1.807, 2.05) is 36.5 Å². The molecule has 1 heterocycles. The summed E-state index contributed by atoms with van der Waals surface area (Å²) in [6, 6.07) is -0.452. The second kappa shape index (κ2) is 6.95. The number of allylic oxidation sites excluding steroid dienone is 6. The van der Waals surface area contributed by atoms with Crippen LogP contribution in [0.25, 0.3) is 0 Å². The van der Waals surface area contributed by atoms with Crippen LogP contribution in [0.4, 0.5) is 9.59 Å². The van der Waals surface area contributed by atoms with Crippen molar-refractivity contribution in [2.75, 3.05) is 13.2 Å². The van der Waals surface area contributed by atoms with Crippen molar-refractivity contribution in [2.45, 2.75) is 25.9 Å². The minimum atomic E-state index is -0.521. The lowest BCUT2D eigenvalue weighted by atomic mass is 9.85. The molecule has 2 aliphatic carbocycles. The van der Waals surface area contributed by atoms with Crippen LogP contribution in [0.5, 0.6) is 0 Å². The fourth-order valence-corrected chi connectivity index (χ4v) is 3.55. The second-order valence-electron chi connectivity index (χ2n) is 5.76. The van der Waals surface area contributed by atoms with Gasteiger partial charge in [-0.25, -0.2) is 19.6 Å². The molecule has 24 heavy (non-hydrogen) atoms. The first-order valence-corrected chi connectivity index (χ1v) is 8.31. The Morgan fingerprint density at radius 2 is 1.25 bits per heavy atom. The predicted molar refractivity (Wildman–Crippen MR) is 88.8 cm³/mol. The van der Waals surface area contributed by atoms with Crippen LogP contribution in [0.2, 0.25) is 0 Å². The summed E-state index contributed by atoms with van der Waals surface area (Å²) in [6.45, 7) is 4.00. The van der Waals surface area contributed by atoms with Gasteiger partial charge in [0.05, 0.1) is 25.3 Å². The Bertz CT molecular complexity index is 573. The van der Waals surface area contributed by atoms with Gasteiger partial charge < -0.3 is 9.47 Å². The summed E-state index contributed by atoms with van der Waals surface area (Å²) in [4.78, 5) is 24.8. The largest absolute Gasteiger partial charge is 0.448 e. The van der Waals surface area contributed by atoms with Crippen LogP contribution >= 0.6 is 0 Å². The normalized spacial score (nSPS) is 27.7. The Balaban J connectivity index is 1.91. The minimum absolute atomic E-state index is 0.0474. The highest BCUT2D eigenvalue weighted by Crippen LogP contribution is 2.43. The van der Waals surface area contributed by atoms with Crippen LogP contribution in [-0.4, -0.2) is 47.5 Å². The molecule has 0 aromatic carbocycles. The molecule has 1 fully saturated rings. The molecule has 0 aromatic rings. The van der Waals surface area contributed by atoms with Gasteiger partial charge in [0, 0.05) is 11.8 Å². The van der Waals surface area contributed by atoms with Crippen molar-refractivity contribution in [3.8, 4) is 0 Å². The van der Waals surface area contributed by atoms with E-state index < -0.39 is 12.2 Å². The first kappa shape index (κ1) is 16.4. The van der Waals surface area contributed by atoms with Crippen LogP contribution < -0.4 is 0 Å². The molecule has 2 atom stereocenters. The summed E-state index contributed by atoms with van der Waals surface area (Å²) in [5.74, 6) is 0.160. The van der Waals surface area contributed by atoms with Crippen molar-refractivity contribution < 1.29 is 19.1 Å². The van der Waals surface area contributed by atoms with Gasteiger partial charge in [0.15, 0.2) is 0 Å². The van der Waals surface area contributed by atoms with Crippen LogP contribution in [0.15, 0.2) is 48.6 Å². The highest BCUT2D eigenvalue weighted by Gasteiger charge is 2.56. The van der Waals surface area contributed by atoms with Crippen LogP contribution in [0, 0.1) is 11.8 Å². The van der Waals surface area contributed by atoms with Gasteiger partial charge >= 0.3 is 12.2 Å². The number of hydrazine groups is 1. The number of amides is 2. The molecular formula is C18H22N2O4. The van der Waals surface area contributed by atoms with Crippen LogP contribution in [0.3, 0.4) is 0 Å². The number of nitrogens with zero attached hydrogens (tertiary/aromatic N) is 2. The third-order valence-electron chi connectivity index (χ3n) is 4.45. The average molecular weight is 330 g/mol. The molecule has 6 nitrogen and oxygen atoms in total. The molecule has 3 aliphatic rings. The van der Waals surface area contributed by atoms with Gasteiger partial charge in [-0.15, -0.1) is 0 Å². The van der Waals surface area contributed by atoms with Gasteiger partial charge in [-0.3, -0.25) is 0 Å². The Hall–Kier alpha value is -2.50. The third-order valence-corrected chi connectivity index (χ3v) is 4.45. The van der Waals surface area contributed by atoms with Crippen molar-refractivity contribution >= 4 is 12.2 Å². The van der Waals surface area contributed by atoms with Crippen molar-refractivity contribution in [1.82, 2.24) is 10.0 Å². The minimum Gasteiger partial charge on any atom is -0.448 e. The molecule has 6 heteroatoms. The van der Waals surface area contributed by atoms with Gasteiger partial charge in [-0.1, -0.05) is 48.6 Å². The molecule has 2 bridgehead atoms. The third kappa shape index (κ3) is 2.72. The molecule has 1 saturated heterocycles. The van der Waals surface area contributed by atoms with Gasteiger partial charge in [0.25, 0.3) is 0 Å². The van der Waals surface area contributed by atoms with Crippen molar-refractivity contribution in [3.05, 3.63) is 48.6 Å². The smallest absolute Gasteiger partial charge is 0.429 e. The van der Waals surface area contributed by atoms with Gasteiger partial charge in [0.2, 0.25) is 0 Å². The number of ether oxygens (including phenoxy) is 2. The van der Waals surface area contributed by atoms with E-state index in [4.69, 9.17) is 9.47 Å². The molecule has 0 spiro atoms. The maximum Gasteiger partial charge on any atom is 0.429 e. The van der Waals surface area contributed by atoms with Crippen LogP contribution in [-0.2, 0) is 9.47 Å². The number of hydrogen-bond acceptors (Lipinski definition) is 4. The number of carbonyl (C=O) groups excluding carboxylic acids is 2. The monoisotopic (exact) mass is 330 g/mol. The van der Waals surface area contributed by atoms with E-state index >= 15 is 0 Å². The lowest BCUT2D eigenvalue weighted by Gasteiger charge is -2.33. The van der Waals surface area contributed by atoms with Gasteiger partial charge in [0.1, 0.15) is 0 Å². The second-order valence-corrected chi connectivity index (χ2v) is 5.76. The Morgan fingerprint density at radius 1 is 0.792 bits per heavy atom. The predicted octanol–water partition coefficient (Wildman–Crippen LogP) is 3.05. The summed E-state index contributed by atoms with van der Waals surface area (Å²) in [6.07, 6.45) is 15.0. The lowest BCUT2D eigenvalue weighted by molar-refractivity contribution is -0.0130. The average Bonchev–Trinajstić information content (AvgIpc) is 3.00. The van der Waals surface area contributed by atoms with E-state index in [9.17, 15) is 9.59 Å². The molecule has 0 radical (unpaired) electrons. The van der Waals surface area contributed by atoms with E-state index in [-0.39, 0.29) is 37.1 Å². The van der Waals surface area contributed by atoms with Crippen molar-refractivity contribution in [3.63, 3.8) is 0 Å². The molecule has 3 rings (SSSR count). The summed E-state index contributed by atoms with van der Waals surface area (Å²) in [5.41, 5.74) is 0. The SMILES string of the molecule is CCOC(=O)N1[C@@H]2C=C[C@H](C2C2C=CC=CC=C2)N1C(=O)OCC. The molecule has 0 aromatic heterocycles. The molecule has 128 valence electrons. The zero-order valence-corrected chi connectivity index (χ0v) is 13.9. The number of fused-ring (bicyclic) bond motifs is 2. The summed E-state index contributed by atoms with van der Waals surface area (Å²) >= 11 is 0. The molecule has 2 amide bonds. The fraction of sp³-hybridized carbons (Fsp3) is 0.444. The Labute approximate surface area is 141 Å². The first-order chi connectivity index (χ1) is 11.7. The van der Waals surface area contributed by atoms with Gasteiger partial charge in [-0.2, -0.15) is 0 Å². The molecule has 0 N–H and O–H groups in total. The van der Waals surface area contributed by atoms with E-state index in [1.165, 1.54) is 10.0 Å². The lowest BCUT2D eigenvalue weighted by Crippen LogP contribution is -2.52. The zero-order chi connectivity index (χ0) is 17.1. The van der Waals surface area contributed by atoms with E-state index in [1.54, 1.807) is 13.8 Å². The van der Waals surface area contributed by atoms with E-state index in [0.29, 0.717) is 0 Å². The first-order valence-electron chi connectivity index (χ1n) is 8.31. The maximum absolute atomic E-state index is 12.4. The highest BCUT2D eigenvalue weighted by atomic mass is 16.6. The molecular weight excluding hydrogens is 308 g/mol. The highest BCUT2D eigenvalue weighted by molar-refractivity contribution is 5.77. The Morgan fingerprint density at radius 3 is 1.67 bits per heavy atom. The molecule has 0 saturated carbocycles. The summed E-state index contributed by atoms with van der Waals surface area (Å²) < 4.78 is 10.3. The number of rotatable bonds is 3. The summed E-state index contributed by atoms with van der Waals surface area (Å²) in [5, 5.41) is 2.80. The standard InChI is InChI=1S/C18H22N2O4/c1-3-23-17(21)19-14-11-12-15(20(19)18(22)24-4-2)16(14)13-9-7-5-6-8-10-13/h5-16H,3-4H2,1-2H3/t14-,15-/m1/s1. The van der Waals surface area contributed by atoms with E-state index in [2.05, 4.69) is 12.2 Å². The zero-order valence-electron chi connectivity index (χ0n) is 13.9. The number of hydrogen-bond donors (Lipinski definition) is 0. The quantitative estimate of drug-likeness (QED) is 0.746. The molecule has 1 aliphatic heterocycles. The number of carbonyl (C=O) groups is 2. The van der Waals surface area contributed by atoms with E-state index in [0.717, 1.165) is 0 Å².